The van der Waals surface area contributed by atoms with Gasteiger partial charge in [0.15, 0.2) is 12.4 Å². The van der Waals surface area contributed by atoms with Crippen molar-refractivity contribution in [2.45, 2.75) is 84.3 Å². The Kier molecular flexibility index (Phi) is 5.63. The SMILES string of the molecule is CC(=O)OCC(=O)[C@@]1(O)CC[C@@H]2[C@H]3CCC4=CC(=O)CC[C@]4(C)[C@@H]3[C@H](OC(C)=O)C[C@@]21C. The van der Waals surface area contributed by atoms with Gasteiger partial charge in [-0.15, -0.1) is 0 Å². The number of hydrogen-bond donors (Lipinski definition) is 1. The fraction of sp³-hybridized carbons (Fsp3) is 0.760. The molecular formula is C25H34O7. The monoisotopic (exact) mass is 446 g/mol. The lowest BCUT2D eigenvalue weighted by Gasteiger charge is -2.60. The average Bonchev–Trinajstić information content (AvgIpc) is 2.97. The molecule has 0 aromatic heterocycles. The summed E-state index contributed by atoms with van der Waals surface area (Å²) in [5.74, 6) is -0.964. The van der Waals surface area contributed by atoms with Crippen LogP contribution in [0.15, 0.2) is 11.6 Å². The molecule has 0 aromatic rings. The molecule has 0 saturated heterocycles. The molecule has 0 aliphatic heterocycles. The van der Waals surface area contributed by atoms with Crippen LogP contribution in [0.4, 0.5) is 0 Å². The van der Waals surface area contributed by atoms with Gasteiger partial charge in [0.1, 0.15) is 11.7 Å². The van der Waals surface area contributed by atoms with Crippen molar-refractivity contribution in [1.29, 1.82) is 0 Å². The number of aliphatic hydroxyl groups is 1. The highest BCUT2D eigenvalue weighted by Gasteiger charge is 2.69. The van der Waals surface area contributed by atoms with E-state index in [1.165, 1.54) is 13.8 Å². The van der Waals surface area contributed by atoms with Crippen LogP contribution in [-0.4, -0.2) is 46.9 Å². The van der Waals surface area contributed by atoms with Crippen molar-refractivity contribution in [2.75, 3.05) is 6.61 Å². The molecule has 7 atom stereocenters. The summed E-state index contributed by atoms with van der Waals surface area (Å²) in [6.07, 6.45) is 5.59. The number of hydrogen-bond acceptors (Lipinski definition) is 7. The lowest BCUT2D eigenvalue weighted by Crippen LogP contribution is -2.62. The smallest absolute Gasteiger partial charge is 0.303 e. The number of carbonyl (C=O) groups is 4. The van der Waals surface area contributed by atoms with Gasteiger partial charge in [0.2, 0.25) is 5.78 Å². The Hall–Kier alpha value is -2.02. The second-order valence-corrected chi connectivity index (χ2v) is 10.8. The molecule has 0 radical (unpaired) electrons. The Morgan fingerprint density at radius 2 is 1.81 bits per heavy atom. The molecule has 32 heavy (non-hydrogen) atoms. The summed E-state index contributed by atoms with van der Waals surface area (Å²) >= 11 is 0. The largest absolute Gasteiger partial charge is 0.462 e. The van der Waals surface area contributed by atoms with Gasteiger partial charge in [-0.3, -0.25) is 19.2 Å². The molecule has 7 heteroatoms. The summed E-state index contributed by atoms with van der Waals surface area (Å²) in [7, 11) is 0. The number of ether oxygens (including phenoxy) is 2. The zero-order chi connectivity index (χ0) is 23.5. The lowest BCUT2D eigenvalue weighted by atomic mass is 9.45. The van der Waals surface area contributed by atoms with Crippen LogP contribution in [0.5, 0.6) is 0 Å². The van der Waals surface area contributed by atoms with E-state index >= 15 is 0 Å². The van der Waals surface area contributed by atoms with E-state index in [4.69, 9.17) is 9.47 Å². The molecule has 4 aliphatic rings. The molecule has 7 nitrogen and oxygen atoms in total. The van der Waals surface area contributed by atoms with Crippen LogP contribution in [0.3, 0.4) is 0 Å². The van der Waals surface area contributed by atoms with Crippen molar-refractivity contribution >= 4 is 23.5 Å². The molecule has 1 N–H and O–H groups in total. The Balaban J connectivity index is 1.73. The van der Waals surface area contributed by atoms with Crippen molar-refractivity contribution in [3.8, 4) is 0 Å². The third-order valence-corrected chi connectivity index (χ3v) is 9.21. The van der Waals surface area contributed by atoms with E-state index in [0.717, 1.165) is 24.8 Å². The minimum absolute atomic E-state index is 0.0449. The number of ketones is 2. The second kappa shape index (κ2) is 7.79. The van der Waals surface area contributed by atoms with Crippen LogP contribution in [0.1, 0.15) is 72.6 Å². The molecule has 0 bridgehead atoms. The van der Waals surface area contributed by atoms with Crippen molar-refractivity contribution < 1.29 is 33.8 Å². The molecule has 4 rings (SSSR count). The molecule has 3 fully saturated rings. The topological polar surface area (TPSA) is 107 Å². The summed E-state index contributed by atoms with van der Waals surface area (Å²) in [5.41, 5.74) is -1.50. The molecule has 0 unspecified atom stereocenters. The summed E-state index contributed by atoms with van der Waals surface area (Å²) in [4.78, 5) is 48.5. The first-order chi connectivity index (χ1) is 14.9. The van der Waals surface area contributed by atoms with Crippen LogP contribution in [0.2, 0.25) is 0 Å². The van der Waals surface area contributed by atoms with Crippen LogP contribution in [0, 0.1) is 28.6 Å². The van der Waals surface area contributed by atoms with Crippen LogP contribution < -0.4 is 0 Å². The van der Waals surface area contributed by atoms with E-state index in [1.807, 2.05) is 6.92 Å². The molecule has 3 saturated carbocycles. The maximum atomic E-state index is 13.1. The van der Waals surface area contributed by atoms with Gasteiger partial charge in [-0.1, -0.05) is 19.4 Å². The molecule has 0 heterocycles. The van der Waals surface area contributed by atoms with Gasteiger partial charge in [0.25, 0.3) is 0 Å². The number of rotatable bonds is 4. The molecule has 0 spiro atoms. The highest BCUT2D eigenvalue weighted by atomic mass is 16.5. The average molecular weight is 447 g/mol. The van der Waals surface area contributed by atoms with Crippen LogP contribution in [0.25, 0.3) is 0 Å². The van der Waals surface area contributed by atoms with Gasteiger partial charge in [-0.2, -0.15) is 0 Å². The minimum atomic E-state index is -1.63. The van der Waals surface area contributed by atoms with E-state index in [1.54, 1.807) is 6.08 Å². The van der Waals surface area contributed by atoms with Gasteiger partial charge >= 0.3 is 11.9 Å². The predicted molar refractivity (Wildman–Crippen MR) is 114 cm³/mol. The van der Waals surface area contributed by atoms with E-state index in [2.05, 4.69) is 6.92 Å². The fourth-order valence-electron chi connectivity index (χ4n) is 7.72. The lowest BCUT2D eigenvalue weighted by molar-refractivity contribution is -0.196. The Bertz CT molecular complexity index is 891. The number of carbonyl (C=O) groups excluding carboxylic acids is 4. The molecule has 0 aromatic carbocycles. The maximum absolute atomic E-state index is 13.1. The van der Waals surface area contributed by atoms with Gasteiger partial charge in [0.05, 0.1) is 0 Å². The standard InChI is InChI=1S/C25H34O7/c1-14(26)31-13-21(29)25(30)10-8-19-18-6-5-16-11-17(28)7-9-23(16,3)22(18)20(32-15(2)27)12-24(19,25)4/h11,18-20,22,30H,5-10,12-13H2,1-4H3/t18-,19-,20-,22+,23+,24+,25+/m1/s1. The number of esters is 2. The van der Waals surface area contributed by atoms with Crippen molar-refractivity contribution in [3.63, 3.8) is 0 Å². The molecule has 4 aliphatic carbocycles. The number of allylic oxidation sites excluding steroid dienone is 1. The molecular weight excluding hydrogens is 412 g/mol. The van der Waals surface area contributed by atoms with Gasteiger partial charge < -0.3 is 14.6 Å². The number of fused-ring (bicyclic) bond motifs is 5. The summed E-state index contributed by atoms with van der Waals surface area (Å²) in [5, 5.41) is 11.7. The van der Waals surface area contributed by atoms with Gasteiger partial charge in [0, 0.05) is 31.6 Å². The third kappa shape index (κ3) is 3.35. The first-order valence-electron chi connectivity index (χ1n) is 11.7. The normalized spacial score (nSPS) is 42.8. The Morgan fingerprint density at radius 3 is 2.47 bits per heavy atom. The highest BCUT2D eigenvalue weighted by Crippen LogP contribution is 2.68. The predicted octanol–water partition coefficient (Wildman–Crippen LogP) is 2.92. The first-order valence-corrected chi connectivity index (χ1v) is 11.7. The van der Waals surface area contributed by atoms with E-state index < -0.39 is 35.5 Å². The van der Waals surface area contributed by atoms with Crippen molar-refractivity contribution in [1.82, 2.24) is 0 Å². The van der Waals surface area contributed by atoms with Crippen molar-refractivity contribution in [2.24, 2.45) is 28.6 Å². The zero-order valence-electron chi connectivity index (χ0n) is 19.4. The number of Topliss-reactive ketones (excluding diaryl/α,β-unsaturated/α-hetero) is 1. The maximum Gasteiger partial charge on any atom is 0.303 e. The Labute approximate surface area is 188 Å². The molecule has 176 valence electrons. The van der Waals surface area contributed by atoms with Crippen molar-refractivity contribution in [3.05, 3.63) is 11.6 Å². The van der Waals surface area contributed by atoms with Crippen LogP contribution in [-0.2, 0) is 28.7 Å². The van der Waals surface area contributed by atoms with Crippen LogP contribution >= 0.6 is 0 Å². The summed E-state index contributed by atoms with van der Waals surface area (Å²) in [6, 6.07) is 0. The second-order valence-electron chi connectivity index (χ2n) is 10.8. The van der Waals surface area contributed by atoms with Gasteiger partial charge in [-0.05, 0) is 61.9 Å². The summed E-state index contributed by atoms with van der Waals surface area (Å²) in [6.45, 7) is 6.30. The van der Waals surface area contributed by atoms with E-state index in [9.17, 15) is 24.3 Å². The summed E-state index contributed by atoms with van der Waals surface area (Å²) < 4.78 is 10.8. The van der Waals surface area contributed by atoms with E-state index in [-0.39, 0.29) is 34.9 Å². The zero-order valence-corrected chi connectivity index (χ0v) is 19.4. The quantitative estimate of drug-likeness (QED) is 0.662. The van der Waals surface area contributed by atoms with Gasteiger partial charge in [-0.25, -0.2) is 0 Å². The highest BCUT2D eigenvalue weighted by molar-refractivity contribution is 5.92. The molecule has 0 amide bonds. The minimum Gasteiger partial charge on any atom is -0.462 e. The Morgan fingerprint density at radius 1 is 1.09 bits per heavy atom. The third-order valence-electron chi connectivity index (χ3n) is 9.21. The fourth-order valence-corrected chi connectivity index (χ4v) is 7.72. The first kappa shape index (κ1) is 23.1. The van der Waals surface area contributed by atoms with E-state index in [0.29, 0.717) is 25.7 Å².